The smallest absolute Gasteiger partial charge is 0.307 e. The molecule has 5 nitrogen and oxygen atoms in total. The van der Waals surface area contributed by atoms with E-state index >= 15 is 0 Å². The Kier molecular flexibility index (Phi) is 6.12. The molecule has 1 aliphatic rings. The topological polar surface area (TPSA) is 49.9 Å². The summed E-state index contributed by atoms with van der Waals surface area (Å²) in [5, 5.41) is 0. The molecule has 1 heterocycles. The minimum atomic E-state index is -0.204. The lowest BCUT2D eigenvalue weighted by Gasteiger charge is -2.27. The Morgan fingerprint density at radius 3 is 2.50 bits per heavy atom. The molecule has 1 fully saturated rings. The van der Waals surface area contributed by atoms with Crippen molar-refractivity contribution >= 4 is 11.9 Å². The summed E-state index contributed by atoms with van der Waals surface area (Å²) in [7, 11) is 1.87. The number of carbonyl (C=O) groups excluding carboxylic acids is 2. The number of hydrogen-bond donors (Lipinski definition) is 0. The number of amides is 1. The van der Waals surface area contributed by atoms with Crippen LogP contribution in [0.4, 0.5) is 0 Å². The van der Waals surface area contributed by atoms with Crippen molar-refractivity contribution in [1.29, 1.82) is 0 Å². The van der Waals surface area contributed by atoms with Gasteiger partial charge in [0.25, 0.3) is 0 Å². The molecule has 1 rings (SSSR count). The van der Waals surface area contributed by atoms with Crippen molar-refractivity contribution in [2.45, 2.75) is 39.2 Å². The largest absolute Gasteiger partial charge is 0.466 e. The van der Waals surface area contributed by atoms with Crippen LogP contribution in [0.25, 0.3) is 0 Å². The van der Waals surface area contributed by atoms with Gasteiger partial charge in [-0.05, 0) is 33.7 Å². The van der Waals surface area contributed by atoms with Gasteiger partial charge in [-0.3, -0.25) is 14.5 Å². The number of likely N-dealkylation sites (N-methyl/N-ethyl adjacent to an activating group) is 1. The third-order valence-electron chi connectivity index (χ3n) is 3.41. The molecule has 0 aromatic carbocycles. The second kappa shape index (κ2) is 7.36. The number of rotatable bonds is 6. The van der Waals surface area contributed by atoms with Crippen molar-refractivity contribution in [1.82, 2.24) is 9.80 Å². The number of ether oxygens (including phenoxy) is 1. The molecule has 0 bridgehead atoms. The van der Waals surface area contributed by atoms with Crippen LogP contribution in [0.2, 0.25) is 0 Å². The summed E-state index contributed by atoms with van der Waals surface area (Å²) >= 11 is 0. The first-order valence-corrected chi connectivity index (χ1v) is 6.71. The molecular formula is C13H24N2O3. The summed E-state index contributed by atoms with van der Waals surface area (Å²) in [6.45, 7) is 6.39. The van der Waals surface area contributed by atoms with Crippen molar-refractivity contribution in [2.24, 2.45) is 0 Å². The number of nitrogens with zero attached hydrogens (tertiary/aromatic N) is 2. The van der Waals surface area contributed by atoms with Gasteiger partial charge in [0, 0.05) is 19.6 Å². The van der Waals surface area contributed by atoms with E-state index in [1.54, 1.807) is 6.92 Å². The van der Waals surface area contributed by atoms with E-state index in [0.717, 1.165) is 25.9 Å². The van der Waals surface area contributed by atoms with Gasteiger partial charge in [-0.25, -0.2) is 0 Å². The zero-order chi connectivity index (χ0) is 13.5. The second-order valence-corrected chi connectivity index (χ2v) is 4.74. The Balaban J connectivity index is 2.33. The Labute approximate surface area is 109 Å². The zero-order valence-electron chi connectivity index (χ0n) is 11.6. The lowest BCUT2D eigenvalue weighted by molar-refractivity contribution is -0.144. The van der Waals surface area contributed by atoms with Crippen LogP contribution >= 0.6 is 0 Å². The van der Waals surface area contributed by atoms with Gasteiger partial charge in [-0.1, -0.05) is 0 Å². The van der Waals surface area contributed by atoms with Crippen LogP contribution in [-0.2, 0) is 14.3 Å². The van der Waals surface area contributed by atoms with Crippen LogP contribution in [0.1, 0.15) is 33.1 Å². The van der Waals surface area contributed by atoms with Crippen LogP contribution in [-0.4, -0.2) is 61.0 Å². The molecule has 0 N–H and O–H groups in total. The third-order valence-corrected chi connectivity index (χ3v) is 3.41. The third kappa shape index (κ3) is 4.29. The summed E-state index contributed by atoms with van der Waals surface area (Å²) in [6, 6.07) is -0.169. The zero-order valence-corrected chi connectivity index (χ0v) is 11.6. The van der Waals surface area contributed by atoms with E-state index in [0.29, 0.717) is 19.6 Å². The number of carbonyl (C=O) groups is 2. The highest BCUT2D eigenvalue weighted by Gasteiger charge is 2.25. The van der Waals surface area contributed by atoms with Gasteiger partial charge < -0.3 is 9.64 Å². The molecule has 0 radical (unpaired) electrons. The fourth-order valence-electron chi connectivity index (χ4n) is 2.08. The lowest BCUT2D eigenvalue weighted by Crippen LogP contribution is -2.45. The van der Waals surface area contributed by atoms with Crippen molar-refractivity contribution < 1.29 is 14.3 Å². The molecule has 0 aromatic heterocycles. The fraction of sp³-hybridized carbons (Fsp3) is 0.846. The standard InChI is InChI=1S/C13H24N2O3/c1-4-18-12(16)7-10-14(3)11(2)13(17)15-8-5-6-9-15/h11H,4-10H2,1-3H3. The normalized spacial score (nSPS) is 17.0. The fourth-order valence-corrected chi connectivity index (χ4v) is 2.08. The molecule has 1 unspecified atom stereocenters. The van der Waals surface area contributed by atoms with Crippen LogP contribution in [0.3, 0.4) is 0 Å². The van der Waals surface area contributed by atoms with E-state index in [2.05, 4.69) is 0 Å². The van der Waals surface area contributed by atoms with Gasteiger partial charge in [0.2, 0.25) is 5.91 Å². The Bertz CT molecular complexity index is 288. The molecule has 18 heavy (non-hydrogen) atoms. The lowest BCUT2D eigenvalue weighted by atomic mass is 10.2. The number of esters is 1. The van der Waals surface area contributed by atoms with Crippen molar-refractivity contribution in [3.8, 4) is 0 Å². The van der Waals surface area contributed by atoms with E-state index in [9.17, 15) is 9.59 Å². The summed E-state index contributed by atoms with van der Waals surface area (Å²) in [4.78, 5) is 27.2. The van der Waals surface area contributed by atoms with E-state index < -0.39 is 0 Å². The monoisotopic (exact) mass is 256 g/mol. The predicted molar refractivity (Wildman–Crippen MR) is 69.2 cm³/mol. The highest BCUT2D eigenvalue weighted by atomic mass is 16.5. The number of hydrogen-bond acceptors (Lipinski definition) is 4. The summed E-state index contributed by atoms with van der Waals surface area (Å²) in [5.41, 5.74) is 0. The SMILES string of the molecule is CCOC(=O)CCN(C)C(C)C(=O)N1CCCC1. The molecule has 1 atom stereocenters. The van der Waals surface area contributed by atoms with Gasteiger partial charge in [-0.15, -0.1) is 0 Å². The predicted octanol–water partition coefficient (Wildman–Crippen LogP) is 0.882. The Morgan fingerprint density at radius 1 is 1.33 bits per heavy atom. The van der Waals surface area contributed by atoms with Gasteiger partial charge in [0.15, 0.2) is 0 Å². The average Bonchev–Trinajstić information content (AvgIpc) is 2.88. The first-order chi connectivity index (χ1) is 8.56. The maximum Gasteiger partial charge on any atom is 0.307 e. The molecule has 0 aliphatic carbocycles. The molecule has 0 spiro atoms. The van der Waals surface area contributed by atoms with Crippen molar-refractivity contribution in [3.63, 3.8) is 0 Å². The molecule has 1 amide bonds. The molecule has 1 aliphatic heterocycles. The number of likely N-dealkylation sites (tertiary alicyclic amines) is 1. The van der Waals surface area contributed by atoms with Crippen LogP contribution in [0, 0.1) is 0 Å². The summed E-state index contributed by atoms with van der Waals surface area (Å²) in [6.07, 6.45) is 2.54. The minimum absolute atomic E-state index is 0.166. The molecule has 0 aromatic rings. The Morgan fingerprint density at radius 2 is 1.94 bits per heavy atom. The van der Waals surface area contributed by atoms with Gasteiger partial charge >= 0.3 is 5.97 Å². The van der Waals surface area contributed by atoms with Crippen LogP contribution in [0.15, 0.2) is 0 Å². The molecule has 0 saturated carbocycles. The highest BCUT2D eigenvalue weighted by molar-refractivity contribution is 5.81. The highest BCUT2D eigenvalue weighted by Crippen LogP contribution is 2.11. The van der Waals surface area contributed by atoms with Gasteiger partial charge in [0.05, 0.1) is 19.1 Å². The molecule has 1 saturated heterocycles. The average molecular weight is 256 g/mol. The summed E-state index contributed by atoms with van der Waals surface area (Å²) < 4.78 is 4.87. The van der Waals surface area contributed by atoms with E-state index in [1.807, 2.05) is 23.8 Å². The van der Waals surface area contributed by atoms with Crippen LogP contribution in [0.5, 0.6) is 0 Å². The molecular weight excluding hydrogens is 232 g/mol. The maximum absolute atomic E-state index is 12.1. The molecule has 104 valence electrons. The minimum Gasteiger partial charge on any atom is -0.466 e. The Hall–Kier alpha value is -1.10. The first-order valence-electron chi connectivity index (χ1n) is 6.71. The van der Waals surface area contributed by atoms with Crippen molar-refractivity contribution in [3.05, 3.63) is 0 Å². The van der Waals surface area contributed by atoms with Gasteiger partial charge in [0.1, 0.15) is 0 Å². The molecule has 5 heteroatoms. The van der Waals surface area contributed by atoms with Gasteiger partial charge in [-0.2, -0.15) is 0 Å². The van der Waals surface area contributed by atoms with Crippen LogP contribution < -0.4 is 0 Å². The van der Waals surface area contributed by atoms with Crippen molar-refractivity contribution in [2.75, 3.05) is 33.3 Å². The maximum atomic E-state index is 12.1. The van der Waals surface area contributed by atoms with E-state index in [1.165, 1.54) is 0 Å². The quantitative estimate of drug-likeness (QED) is 0.662. The van der Waals surface area contributed by atoms with E-state index in [-0.39, 0.29) is 17.9 Å². The second-order valence-electron chi connectivity index (χ2n) is 4.74. The first kappa shape index (κ1) is 15.0. The van der Waals surface area contributed by atoms with E-state index in [4.69, 9.17) is 4.74 Å². The summed E-state index contributed by atoms with van der Waals surface area (Å²) in [5.74, 6) is -0.0379.